The summed E-state index contributed by atoms with van der Waals surface area (Å²) in [6.45, 7) is 0. The van der Waals surface area contributed by atoms with E-state index in [1.165, 1.54) is 39.3 Å². The molecule has 0 unspecified atom stereocenters. The van der Waals surface area contributed by atoms with Gasteiger partial charge in [-0.2, -0.15) is 0 Å². The van der Waals surface area contributed by atoms with Gasteiger partial charge in [0, 0.05) is 16.9 Å². The minimum absolute atomic E-state index is 1.07. The molecular formula is C26H21N. The van der Waals surface area contributed by atoms with Crippen LogP contribution in [0, 0.1) is 0 Å². The van der Waals surface area contributed by atoms with Crippen LogP contribution in [-0.2, 0) is 12.8 Å². The van der Waals surface area contributed by atoms with Crippen LogP contribution in [0.1, 0.15) is 11.1 Å². The number of benzene rings is 4. The zero-order valence-corrected chi connectivity index (χ0v) is 15.2. The molecule has 0 bridgehead atoms. The monoisotopic (exact) mass is 347 g/mol. The van der Waals surface area contributed by atoms with E-state index in [0.29, 0.717) is 0 Å². The molecule has 0 saturated heterocycles. The molecule has 0 aromatic heterocycles. The molecule has 0 aliphatic carbocycles. The van der Waals surface area contributed by atoms with Crippen molar-refractivity contribution in [2.24, 2.45) is 0 Å². The van der Waals surface area contributed by atoms with Gasteiger partial charge in [-0.25, -0.2) is 0 Å². The minimum Gasteiger partial charge on any atom is -0.309 e. The van der Waals surface area contributed by atoms with Crippen LogP contribution in [0.15, 0.2) is 103 Å². The van der Waals surface area contributed by atoms with Crippen molar-refractivity contribution in [1.29, 1.82) is 0 Å². The summed E-state index contributed by atoms with van der Waals surface area (Å²) in [6.07, 6.45) is 2.13. The normalized spacial score (nSPS) is 12.8. The highest BCUT2D eigenvalue weighted by molar-refractivity contribution is 5.90. The molecule has 0 N–H and O–H groups in total. The molecule has 27 heavy (non-hydrogen) atoms. The van der Waals surface area contributed by atoms with E-state index in [1.54, 1.807) is 0 Å². The SMILES string of the molecule is c1ccc(-c2ccccc2N2c3ccccc3CCc3ccccc32)cc1. The molecule has 1 aliphatic heterocycles. The molecule has 1 aliphatic rings. The maximum absolute atomic E-state index is 2.44. The number of hydrogen-bond acceptors (Lipinski definition) is 1. The average Bonchev–Trinajstić information content (AvgIpc) is 2.91. The third kappa shape index (κ3) is 2.82. The Bertz CT molecular complexity index is 1030. The largest absolute Gasteiger partial charge is 0.309 e. The third-order valence-electron chi connectivity index (χ3n) is 5.36. The first-order valence-electron chi connectivity index (χ1n) is 9.52. The van der Waals surface area contributed by atoms with E-state index in [0.717, 1.165) is 12.8 Å². The highest BCUT2D eigenvalue weighted by atomic mass is 15.2. The Kier molecular flexibility index (Phi) is 3.99. The summed E-state index contributed by atoms with van der Waals surface area (Å²) in [4.78, 5) is 2.44. The second-order valence-electron chi connectivity index (χ2n) is 6.98. The number of rotatable bonds is 2. The van der Waals surface area contributed by atoms with Crippen molar-refractivity contribution in [1.82, 2.24) is 0 Å². The first-order valence-corrected chi connectivity index (χ1v) is 9.52. The van der Waals surface area contributed by atoms with Gasteiger partial charge in [0.05, 0.1) is 5.69 Å². The van der Waals surface area contributed by atoms with Gasteiger partial charge in [-0.1, -0.05) is 84.9 Å². The minimum atomic E-state index is 1.07. The molecule has 0 saturated carbocycles. The number of hydrogen-bond donors (Lipinski definition) is 0. The molecule has 1 nitrogen and oxygen atoms in total. The summed E-state index contributed by atoms with van der Waals surface area (Å²) in [6, 6.07) is 37.0. The van der Waals surface area contributed by atoms with Gasteiger partial charge in [0.25, 0.3) is 0 Å². The van der Waals surface area contributed by atoms with E-state index in [1.807, 2.05) is 0 Å². The molecule has 0 atom stereocenters. The fraction of sp³-hybridized carbons (Fsp3) is 0.0769. The Balaban J connectivity index is 1.79. The number of anilines is 3. The molecule has 0 spiro atoms. The zero-order valence-electron chi connectivity index (χ0n) is 15.2. The van der Waals surface area contributed by atoms with E-state index in [9.17, 15) is 0 Å². The second kappa shape index (κ2) is 6.77. The molecule has 4 aromatic carbocycles. The summed E-state index contributed by atoms with van der Waals surface area (Å²) in [7, 11) is 0. The van der Waals surface area contributed by atoms with Gasteiger partial charge in [0.15, 0.2) is 0 Å². The maximum Gasteiger partial charge on any atom is 0.0540 e. The molecule has 4 aromatic rings. The van der Waals surface area contributed by atoms with Crippen molar-refractivity contribution >= 4 is 17.1 Å². The molecule has 1 heteroatoms. The lowest BCUT2D eigenvalue weighted by Crippen LogP contribution is -2.12. The first-order chi connectivity index (χ1) is 13.4. The second-order valence-corrected chi connectivity index (χ2v) is 6.98. The molecule has 1 heterocycles. The van der Waals surface area contributed by atoms with Crippen molar-refractivity contribution in [3.8, 4) is 11.1 Å². The highest BCUT2D eigenvalue weighted by Crippen LogP contribution is 2.44. The van der Waals surface area contributed by atoms with E-state index in [-0.39, 0.29) is 0 Å². The standard InChI is InChI=1S/C26H21N/c1-2-10-20(11-3-1)23-14-6-9-17-26(23)27-24-15-7-4-12-21(24)18-19-22-13-5-8-16-25(22)27/h1-17H,18-19H2. The smallest absolute Gasteiger partial charge is 0.0540 e. The Morgan fingerprint density at radius 1 is 0.444 bits per heavy atom. The summed E-state index contributed by atoms with van der Waals surface area (Å²) in [5, 5.41) is 0. The summed E-state index contributed by atoms with van der Waals surface area (Å²) in [5.41, 5.74) is 9.09. The predicted molar refractivity (Wildman–Crippen MR) is 114 cm³/mol. The number of aryl methyl sites for hydroxylation is 2. The zero-order chi connectivity index (χ0) is 18.1. The van der Waals surface area contributed by atoms with Gasteiger partial charge in [-0.15, -0.1) is 0 Å². The van der Waals surface area contributed by atoms with E-state index in [2.05, 4.69) is 108 Å². The van der Waals surface area contributed by atoms with Gasteiger partial charge < -0.3 is 4.90 Å². The van der Waals surface area contributed by atoms with Crippen LogP contribution in [0.3, 0.4) is 0 Å². The molecule has 0 amide bonds. The van der Waals surface area contributed by atoms with Crippen molar-refractivity contribution in [3.63, 3.8) is 0 Å². The Hall–Kier alpha value is -3.32. The van der Waals surface area contributed by atoms with Gasteiger partial charge >= 0.3 is 0 Å². The molecular weight excluding hydrogens is 326 g/mol. The van der Waals surface area contributed by atoms with Crippen LogP contribution >= 0.6 is 0 Å². The lowest BCUT2D eigenvalue weighted by atomic mass is 10.0. The lowest BCUT2D eigenvalue weighted by Gasteiger charge is -2.29. The lowest BCUT2D eigenvalue weighted by molar-refractivity contribution is 0.977. The molecule has 5 rings (SSSR count). The maximum atomic E-state index is 2.44. The summed E-state index contributed by atoms with van der Waals surface area (Å²) in [5.74, 6) is 0. The van der Waals surface area contributed by atoms with Crippen LogP contribution in [0.4, 0.5) is 17.1 Å². The van der Waals surface area contributed by atoms with Crippen molar-refractivity contribution in [3.05, 3.63) is 114 Å². The predicted octanol–water partition coefficient (Wildman–Crippen LogP) is 6.92. The summed E-state index contributed by atoms with van der Waals surface area (Å²) < 4.78 is 0. The van der Waals surface area contributed by atoms with E-state index < -0.39 is 0 Å². The third-order valence-corrected chi connectivity index (χ3v) is 5.36. The van der Waals surface area contributed by atoms with Crippen LogP contribution < -0.4 is 4.90 Å². The van der Waals surface area contributed by atoms with Crippen LogP contribution in [0.25, 0.3) is 11.1 Å². The average molecular weight is 347 g/mol. The van der Waals surface area contributed by atoms with Crippen molar-refractivity contribution < 1.29 is 0 Å². The Morgan fingerprint density at radius 3 is 1.56 bits per heavy atom. The fourth-order valence-corrected chi connectivity index (χ4v) is 4.07. The highest BCUT2D eigenvalue weighted by Gasteiger charge is 2.23. The quantitative estimate of drug-likeness (QED) is 0.380. The van der Waals surface area contributed by atoms with Crippen LogP contribution in [0.2, 0.25) is 0 Å². The van der Waals surface area contributed by atoms with Crippen molar-refractivity contribution in [2.45, 2.75) is 12.8 Å². The summed E-state index contributed by atoms with van der Waals surface area (Å²) >= 11 is 0. The van der Waals surface area contributed by atoms with E-state index in [4.69, 9.17) is 0 Å². The van der Waals surface area contributed by atoms with Gasteiger partial charge in [-0.3, -0.25) is 0 Å². The van der Waals surface area contributed by atoms with Crippen LogP contribution in [0.5, 0.6) is 0 Å². The molecule has 0 fully saturated rings. The first kappa shape index (κ1) is 15.9. The number of para-hydroxylation sites is 3. The molecule has 0 radical (unpaired) electrons. The van der Waals surface area contributed by atoms with Crippen molar-refractivity contribution in [2.75, 3.05) is 4.90 Å². The topological polar surface area (TPSA) is 3.24 Å². The van der Waals surface area contributed by atoms with Gasteiger partial charge in [0.2, 0.25) is 0 Å². The number of nitrogens with zero attached hydrogens (tertiary/aromatic N) is 1. The van der Waals surface area contributed by atoms with Gasteiger partial charge in [0.1, 0.15) is 0 Å². The fourth-order valence-electron chi connectivity index (χ4n) is 4.07. The van der Waals surface area contributed by atoms with Crippen LogP contribution in [-0.4, -0.2) is 0 Å². The molecule has 130 valence electrons. The van der Waals surface area contributed by atoms with E-state index >= 15 is 0 Å². The Labute approximate surface area is 160 Å². The Morgan fingerprint density at radius 2 is 0.926 bits per heavy atom. The van der Waals surface area contributed by atoms with Gasteiger partial charge in [-0.05, 0) is 47.7 Å². The number of fused-ring (bicyclic) bond motifs is 2.